The van der Waals surface area contributed by atoms with Crippen LogP contribution in [-0.4, -0.2) is 62.5 Å². The van der Waals surface area contributed by atoms with Gasteiger partial charge in [0.05, 0.1) is 45.5 Å². The summed E-state index contributed by atoms with van der Waals surface area (Å²) >= 11 is 0. The molecule has 4 rings (SSSR count). The Labute approximate surface area is 148 Å². The lowest BCUT2D eigenvalue weighted by atomic mass is 9.93. The molecule has 0 aromatic heterocycles. The second-order valence-corrected chi connectivity index (χ2v) is 6.97. The van der Waals surface area contributed by atoms with Crippen LogP contribution in [0.3, 0.4) is 0 Å². The molecule has 4 unspecified atom stereocenters. The molecule has 3 aliphatic rings. The molecule has 2 heterocycles. The third kappa shape index (κ3) is 3.52. The van der Waals surface area contributed by atoms with Crippen LogP contribution in [0.15, 0.2) is 24.3 Å². The van der Waals surface area contributed by atoms with Crippen molar-refractivity contribution in [1.82, 2.24) is 4.90 Å². The van der Waals surface area contributed by atoms with Gasteiger partial charge in [-0.3, -0.25) is 9.69 Å². The van der Waals surface area contributed by atoms with E-state index in [-0.39, 0.29) is 30.1 Å². The van der Waals surface area contributed by atoms with Crippen LogP contribution >= 0.6 is 0 Å². The van der Waals surface area contributed by atoms with Gasteiger partial charge in [0.1, 0.15) is 11.9 Å². The molecule has 4 atom stereocenters. The van der Waals surface area contributed by atoms with Crippen molar-refractivity contribution in [2.75, 3.05) is 33.4 Å². The zero-order valence-electron chi connectivity index (χ0n) is 14.6. The lowest BCUT2D eigenvalue weighted by molar-refractivity contribution is -0.161. The highest BCUT2D eigenvalue weighted by Gasteiger charge is 2.52. The maximum absolute atomic E-state index is 11.9. The number of hydrogen-bond acceptors (Lipinski definition) is 6. The van der Waals surface area contributed by atoms with E-state index in [9.17, 15) is 4.79 Å². The fourth-order valence-corrected chi connectivity index (χ4v) is 4.32. The van der Waals surface area contributed by atoms with Crippen LogP contribution in [0.4, 0.5) is 0 Å². The Hall–Kier alpha value is -1.63. The first-order valence-corrected chi connectivity index (χ1v) is 9.00. The smallest absolute Gasteiger partial charge is 0.306 e. The minimum atomic E-state index is -0.0879. The summed E-state index contributed by atoms with van der Waals surface area (Å²) in [5.41, 5.74) is 1.11. The number of nitrogens with zero attached hydrogens (tertiary/aromatic N) is 1. The Morgan fingerprint density at radius 3 is 2.68 bits per heavy atom. The van der Waals surface area contributed by atoms with Gasteiger partial charge in [-0.1, -0.05) is 12.1 Å². The number of carbonyl (C=O) groups excluding carboxylic acids is 1. The third-order valence-corrected chi connectivity index (χ3v) is 5.54. The van der Waals surface area contributed by atoms with Crippen LogP contribution in [0.5, 0.6) is 5.75 Å². The number of esters is 1. The molecule has 0 amide bonds. The van der Waals surface area contributed by atoms with Gasteiger partial charge >= 0.3 is 5.97 Å². The number of hydrogen-bond donors (Lipinski definition) is 0. The molecule has 0 N–H and O–H groups in total. The Morgan fingerprint density at radius 2 is 1.96 bits per heavy atom. The lowest BCUT2D eigenvalue weighted by Gasteiger charge is -2.40. The lowest BCUT2D eigenvalue weighted by Crippen LogP contribution is -2.53. The van der Waals surface area contributed by atoms with Gasteiger partial charge in [-0.05, 0) is 17.7 Å². The summed E-state index contributed by atoms with van der Waals surface area (Å²) in [6.07, 6.45) is 1.25. The molecule has 136 valence electrons. The van der Waals surface area contributed by atoms with Crippen molar-refractivity contribution in [3.8, 4) is 5.75 Å². The quantitative estimate of drug-likeness (QED) is 0.755. The maximum Gasteiger partial charge on any atom is 0.306 e. The van der Waals surface area contributed by atoms with Gasteiger partial charge in [-0.15, -0.1) is 0 Å². The largest absolute Gasteiger partial charge is 0.497 e. The highest BCUT2D eigenvalue weighted by Crippen LogP contribution is 2.41. The molecule has 2 bridgehead atoms. The number of benzene rings is 1. The Kier molecular flexibility index (Phi) is 4.92. The van der Waals surface area contributed by atoms with Crippen molar-refractivity contribution in [2.24, 2.45) is 5.92 Å². The predicted octanol–water partition coefficient (Wildman–Crippen LogP) is 1.62. The molecule has 1 aromatic rings. The monoisotopic (exact) mass is 347 g/mol. The Balaban J connectivity index is 1.42. The number of morpholine rings is 1. The topological polar surface area (TPSA) is 57.2 Å². The Morgan fingerprint density at radius 1 is 1.20 bits per heavy atom. The zero-order chi connectivity index (χ0) is 17.2. The van der Waals surface area contributed by atoms with Crippen molar-refractivity contribution in [3.63, 3.8) is 0 Å². The van der Waals surface area contributed by atoms with E-state index in [2.05, 4.69) is 4.90 Å². The number of carbonyl (C=O) groups is 1. The predicted molar refractivity (Wildman–Crippen MR) is 90.4 cm³/mol. The van der Waals surface area contributed by atoms with Gasteiger partial charge in [-0.25, -0.2) is 0 Å². The average molecular weight is 347 g/mol. The molecule has 1 aromatic carbocycles. The molecule has 3 fully saturated rings. The second-order valence-electron chi connectivity index (χ2n) is 6.97. The van der Waals surface area contributed by atoms with Crippen LogP contribution in [0.1, 0.15) is 18.4 Å². The summed E-state index contributed by atoms with van der Waals surface area (Å²) in [5, 5.41) is 0. The third-order valence-electron chi connectivity index (χ3n) is 5.54. The summed E-state index contributed by atoms with van der Waals surface area (Å²) in [6.45, 7) is 3.85. The van der Waals surface area contributed by atoms with Gasteiger partial charge < -0.3 is 18.9 Å². The highest BCUT2D eigenvalue weighted by atomic mass is 16.6. The van der Waals surface area contributed by atoms with Crippen LogP contribution < -0.4 is 4.74 Å². The van der Waals surface area contributed by atoms with Gasteiger partial charge in [0.15, 0.2) is 0 Å². The molecule has 2 aliphatic heterocycles. The van der Waals surface area contributed by atoms with Crippen LogP contribution in [0.2, 0.25) is 0 Å². The van der Waals surface area contributed by atoms with Crippen molar-refractivity contribution in [3.05, 3.63) is 29.8 Å². The van der Waals surface area contributed by atoms with Gasteiger partial charge in [0.25, 0.3) is 0 Å². The van der Waals surface area contributed by atoms with E-state index < -0.39 is 0 Å². The standard InChI is InChI=1S/C19H25NO5/c1-22-14-4-2-13(3-5-14)12-24-16-11-17-19(15(16)10-18(21)25-17)20-6-8-23-9-7-20/h2-5,15-17,19H,6-12H2,1H3. The average Bonchev–Trinajstić information content (AvgIpc) is 2.88. The van der Waals surface area contributed by atoms with Crippen molar-refractivity contribution in [1.29, 1.82) is 0 Å². The molecular weight excluding hydrogens is 322 g/mol. The number of methoxy groups -OCH3 is 1. The summed E-state index contributed by atoms with van der Waals surface area (Å²) in [7, 11) is 1.66. The first-order chi connectivity index (χ1) is 12.2. The zero-order valence-corrected chi connectivity index (χ0v) is 14.6. The Bertz CT molecular complexity index is 598. The first-order valence-electron chi connectivity index (χ1n) is 9.00. The summed E-state index contributed by atoms with van der Waals surface area (Å²) in [4.78, 5) is 14.3. The van der Waals surface area contributed by atoms with E-state index in [1.54, 1.807) is 7.11 Å². The van der Waals surface area contributed by atoms with Crippen LogP contribution in [-0.2, 0) is 25.6 Å². The molecule has 6 nitrogen and oxygen atoms in total. The van der Waals surface area contributed by atoms with Crippen molar-refractivity contribution in [2.45, 2.75) is 37.7 Å². The van der Waals surface area contributed by atoms with Crippen LogP contribution in [0, 0.1) is 5.92 Å². The molecule has 0 radical (unpaired) electrons. The number of rotatable bonds is 5. The summed E-state index contributed by atoms with van der Waals surface area (Å²) < 4.78 is 22.5. The SMILES string of the molecule is COc1ccc(COC2CC3OC(=O)CC2C3N2CCOCC2)cc1. The fourth-order valence-electron chi connectivity index (χ4n) is 4.32. The summed E-state index contributed by atoms with van der Waals surface area (Å²) in [5.74, 6) is 0.963. The molecule has 2 saturated heterocycles. The molecule has 6 heteroatoms. The van der Waals surface area contributed by atoms with E-state index in [0.29, 0.717) is 13.0 Å². The van der Waals surface area contributed by atoms with Crippen molar-refractivity contribution < 1.29 is 23.7 Å². The van der Waals surface area contributed by atoms with Gasteiger partial charge in [0.2, 0.25) is 0 Å². The number of ether oxygens (including phenoxy) is 4. The van der Waals surface area contributed by atoms with Crippen molar-refractivity contribution >= 4 is 5.97 Å². The first kappa shape index (κ1) is 16.8. The van der Waals surface area contributed by atoms with E-state index in [1.165, 1.54) is 0 Å². The maximum atomic E-state index is 11.9. The molecule has 0 spiro atoms. The van der Waals surface area contributed by atoms with E-state index >= 15 is 0 Å². The van der Waals surface area contributed by atoms with E-state index in [0.717, 1.165) is 44.0 Å². The minimum Gasteiger partial charge on any atom is -0.497 e. The molecule has 25 heavy (non-hydrogen) atoms. The van der Waals surface area contributed by atoms with Crippen LogP contribution in [0.25, 0.3) is 0 Å². The fraction of sp³-hybridized carbons (Fsp3) is 0.632. The summed E-state index contributed by atoms with van der Waals surface area (Å²) in [6, 6.07) is 8.17. The van der Waals surface area contributed by atoms with Gasteiger partial charge in [-0.2, -0.15) is 0 Å². The van der Waals surface area contributed by atoms with Gasteiger partial charge in [0, 0.05) is 25.4 Å². The normalized spacial score (nSPS) is 32.4. The second kappa shape index (κ2) is 7.32. The molecule has 1 saturated carbocycles. The minimum absolute atomic E-state index is 0.0507. The number of fused-ring (bicyclic) bond motifs is 2. The molecular formula is C19H25NO5. The van der Waals surface area contributed by atoms with E-state index in [4.69, 9.17) is 18.9 Å². The molecule has 1 aliphatic carbocycles. The highest BCUT2D eigenvalue weighted by molar-refractivity contribution is 5.71. The van der Waals surface area contributed by atoms with E-state index in [1.807, 2.05) is 24.3 Å².